The Hall–Kier alpha value is -1.47. The fourth-order valence-electron chi connectivity index (χ4n) is 1.39. The molecule has 0 saturated heterocycles. The maximum absolute atomic E-state index is 11.0. The van der Waals surface area contributed by atoms with Crippen molar-refractivity contribution in [2.75, 3.05) is 6.61 Å². The molecule has 0 unspecified atom stereocenters. The van der Waals surface area contributed by atoms with Crippen LogP contribution in [-0.4, -0.2) is 12.6 Å². The summed E-state index contributed by atoms with van der Waals surface area (Å²) in [5.74, 6) is 2.92. The molecule has 0 aromatic heterocycles. The van der Waals surface area contributed by atoms with E-state index < -0.39 is 0 Å². The van der Waals surface area contributed by atoms with E-state index in [4.69, 9.17) is 15.9 Å². The molecule has 0 saturated carbocycles. The zero-order valence-corrected chi connectivity index (χ0v) is 11.3. The van der Waals surface area contributed by atoms with Gasteiger partial charge in [0.2, 0.25) is 0 Å². The summed E-state index contributed by atoms with van der Waals surface area (Å²) in [5, 5.41) is 0.695. The highest BCUT2D eigenvalue weighted by molar-refractivity contribution is 9.08. The number of benzene rings is 1. The number of hydrogen-bond acceptors (Lipinski definition) is 3. The largest absolute Gasteiger partial charge is 0.477 e. The van der Waals surface area contributed by atoms with Gasteiger partial charge in [-0.05, 0) is 24.1 Å². The van der Waals surface area contributed by atoms with Crippen molar-refractivity contribution in [3.05, 3.63) is 23.3 Å². The van der Waals surface area contributed by atoms with Gasteiger partial charge in [-0.3, -0.25) is 4.79 Å². The van der Waals surface area contributed by atoms with Crippen LogP contribution in [0.3, 0.4) is 0 Å². The molecule has 3 nitrogen and oxygen atoms in total. The van der Waals surface area contributed by atoms with Crippen molar-refractivity contribution >= 4 is 21.9 Å². The number of terminal acetylenes is 1. The van der Waals surface area contributed by atoms with E-state index in [-0.39, 0.29) is 12.6 Å². The second-order valence-electron chi connectivity index (χ2n) is 3.46. The second kappa shape index (κ2) is 6.31. The van der Waals surface area contributed by atoms with Crippen LogP contribution in [0.15, 0.2) is 12.1 Å². The van der Waals surface area contributed by atoms with Gasteiger partial charge in [-0.1, -0.05) is 27.9 Å². The molecule has 4 heteroatoms. The molecule has 0 aliphatic heterocycles. The van der Waals surface area contributed by atoms with Crippen molar-refractivity contribution in [1.29, 1.82) is 0 Å². The number of carbonyl (C=O) groups excluding carboxylic acids is 1. The predicted octanol–water partition coefficient (Wildman–Crippen LogP) is 2.83. The summed E-state index contributed by atoms with van der Waals surface area (Å²) in [6.45, 7) is 3.34. The van der Waals surface area contributed by atoms with E-state index in [0.717, 1.165) is 11.1 Å². The lowest BCUT2D eigenvalue weighted by Crippen LogP contribution is -2.06. The molecule has 0 amide bonds. The standard InChI is InChI=1S/C13H13BrO3/c1-4-5-16-12-7-11(8-14)6-9(2)13(12)17-10(3)15/h1,6-7H,5,8H2,2-3H3. The quantitative estimate of drug-likeness (QED) is 0.371. The Morgan fingerprint density at radius 3 is 2.76 bits per heavy atom. The lowest BCUT2D eigenvalue weighted by molar-refractivity contribution is -0.132. The first-order valence-electron chi connectivity index (χ1n) is 5.02. The molecule has 0 fully saturated rings. The number of halogens is 1. The lowest BCUT2D eigenvalue weighted by atomic mass is 10.1. The van der Waals surface area contributed by atoms with Gasteiger partial charge in [0, 0.05) is 12.3 Å². The first kappa shape index (κ1) is 13.6. The van der Waals surface area contributed by atoms with Gasteiger partial charge in [-0.25, -0.2) is 0 Å². The molecule has 0 radical (unpaired) electrons. The van der Waals surface area contributed by atoms with Crippen LogP contribution < -0.4 is 9.47 Å². The first-order valence-corrected chi connectivity index (χ1v) is 6.14. The molecule has 0 spiro atoms. The van der Waals surface area contributed by atoms with Crippen LogP contribution in [0, 0.1) is 19.3 Å². The minimum absolute atomic E-state index is 0.138. The average molecular weight is 297 g/mol. The molecule has 17 heavy (non-hydrogen) atoms. The van der Waals surface area contributed by atoms with Crippen molar-refractivity contribution < 1.29 is 14.3 Å². The minimum atomic E-state index is -0.384. The fraction of sp³-hybridized carbons (Fsp3) is 0.308. The number of rotatable bonds is 4. The van der Waals surface area contributed by atoms with E-state index in [0.29, 0.717) is 16.8 Å². The molecule has 0 bridgehead atoms. The van der Waals surface area contributed by atoms with E-state index in [1.165, 1.54) is 6.92 Å². The number of esters is 1. The molecule has 1 aromatic carbocycles. The molecule has 0 atom stereocenters. The molecule has 0 heterocycles. The van der Waals surface area contributed by atoms with Gasteiger partial charge in [0.05, 0.1) is 0 Å². The summed E-state index contributed by atoms with van der Waals surface area (Å²) >= 11 is 3.37. The van der Waals surface area contributed by atoms with Crippen molar-refractivity contribution in [2.24, 2.45) is 0 Å². The molecular weight excluding hydrogens is 284 g/mol. The first-order chi connectivity index (χ1) is 8.08. The zero-order valence-electron chi connectivity index (χ0n) is 9.75. The Kier molecular flexibility index (Phi) is 5.05. The minimum Gasteiger partial charge on any atom is -0.477 e. The summed E-state index contributed by atoms with van der Waals surface area (Å²) in [6.07, 6.45) is 5.14. The van der Waals surface area contributed by atoms with Crippen LogP contribution in [0.25, 0.3) is 0 Å². The Morgan fingerprint density at radius 1 is 1.53 bits per heavy atom. The number of hydrogen-bond donors (Lipinski definition) is 0. The molecular formula is C13H13BrO3. The van der Waals surface area contributed by atoms with Gasteiger partial charge in [-0.2, -0.15) is 0 Å². The molecule has 1 aromatic rings. The van der Waals surface area contributed by atoms with Gasteiger partial charge in [0.1, 0.15) is 6.61 Å². The van der Waals surface area contributed by atoms with Crippen LogP contribution >= 0.6 is 15.9 Å². The van der Waals surface area contributed by atoms with E-state index >= 15 is 0 Å². The van der Waals surface area contributed by atoms with Crippen molar-refractivity contribution in [2.45, 2.75) is 19.2 Å². The fourth-order valence-corrected chi connectivity index (χ4v) is 1.72. The number of aryl methyl sites for hydroxylation is 1. The zero-order chi connectivity index (χ0) is 12.8. The van der Waals surface area contributed by atoms with E-state index in [1.807, 2.05) is 13.0 Å². The van der Waals surface area contributed by atoms with Crippen LogP contribution in [0.4, 0.5) is 0 Å². The van der Waals surface area contributed by atoms with Gasteiger partial charge < -0.3 is 9.47 Å². The average Bonchev–Trinajstić information content (AvgIpc) is 2.29. The van der Waals surface area contributed by atoms with Crippen LogP contribution in [0.5, 0.6) is 11.5 Å². The molecule has 1 rings (SSSR count). The van der Waals surface area contributed by atoms with E-state index in [1.54, 1.807) is 6.07 Å². The van der Waals surface area contributed by atoms with Gasteiger partial charge >= 0.3 is 5.97 Å². The Bertz CT molecular complexity index is 460. The van der Waals surface area contributed by atoms with Crippen LogP contribution in [-0.2, 0) is 10.1 Å². The highest BCUT2D eigenvalue weighted by Gasteiger charge is 2.12. The van der Waals surface area contributed by atoms with Gasteiger partial charge in [0.15, 0.2) is 11.5 Å². The van der Waals surface area contributed by atoms with E-state index in [9.17, 15) is 4.79 Å². The third kappa shape index (κ3) is 3.79. The van der Waals surface area contributed by atoms with Crippen molar-refractivity contribution in [3.8, 4) is 23.8 Å². The molecule has 0 aliphatic rings. The SMILES string of the molecule is C#CCOc1cc(CBr)cc(C)c1OC(C)=O. The van der Waals surface area contributed by atoms with Gasteiger partial charge in [0.25, 0.3) is 0 Å². The number of ether oxygens (including phenoxy) is 2. The molecule has 90 valence electrons. The van der Waals surface area contributed by atoms with Crippen molar-refractivity contribution in [1.82, 2.24) is 0 Å². The maximum atomic E-state index is 11.0. The monoisotopic (exact) mass is 296 g/mol. The number of carbonyl (C=O) groups is 1. The van der Waals surface area contributed by atoms with Crippen LogP contribution in [0.1, 0.15) is 18.1 Å². The third-order valence-electron chi connectivity index (χ3n) is 2.01. The Labute approximate surface area is 109 Å². The summed E-state index contributed by atoms with van der Waals surface area (Å²) in [4.78, 5) is 11.0. The third-order valence-corrected chi connectivity index (χ3v) is 2.66. The highest BCUT2D eigenvalue weighted by atomic mass is 79.9. The Balaban J connectivity index is 3.14. The smallest absolute Gasteiger partial charge is 0.308 e. The van der Waals surface area contributed by atoms with Crippen LogP contribution in [0.2, 0.25) is 0 Å². The topological polar surface area (TPSA) is 35.5 Å². The maximum Gasteiger partial charge on any atom is 0.308 e. The number of alkyl halides is 1. The highest BCUT2D eigenvalue weighted by Crippen LogP contribution is 2.33. The summed E-state index contributed by atoms with van der Waals surface area (Å²) in [5.41, 5.74) is 1.87. The summed E-state index contributed by atoms with van der Waals surface area (Å²) in [7, 11) is 0. The second-order valence-corrected chi connectivity index (χ2v) is 4.02. The molecule has 0 N–H and O–H groups in total. The molecule has 0 aliphatic carbocycles. The predicted molar refractivity (Wildman–Crippen MR) is 69.4 cm³/mol. The van der Waals surface area contributed by atoms with Crippen molar-refractivity contribution in [3.63, 3.8) is 0 Å². The van der Waals surface area contributed by atoms with Gasteiger partial charge in [-0.15, -0.1) is 6.42 Å². The van der Waals surface area contributed by atoms with E-state index in [2.05, 4.69) is 21.9 Å². The summed E-state index contributed by atoms with van der Waals surface area (Å²) in [6, 6.07) is 3.73. The normalized spacial score (nSPS) is 9.53. The summed E-state index contributed by atoms with van der Waals surface area (Å²) < 4.78 is 10.5. The lowest BCUT2D eigenvalue weighted by Gasteiger charge is -2.13. The Morgan fingerprint density at radius 2 is 2.24 bits per heavy atom.